The molecule has 0 aliphatic heterocycles. The highest BCUT2D eigenvalue weighted by Crippen LogP contribution is 2.45. The fraction of sp³-hybridized carbons (Fsp3) is 0. The smallest absolute Gasteiger partial charge is 0.0541 e. The van der Waals surface area contributed by atoms with Gasteiger partial charge in [-0.3, -0.25) is 0 Å². The summed E-state index contributed by atoms with van der Waals surface area (Å²) in [5, 5.41) is 7.49. The summed E-state index contributed by atoms with van der Waals surface area (Å²) in [6.07, 6.45) is 0. The lowest BCUT2D eigenvalue weighted by Crippen LogP contribution is -2.10. The van der Waals surface area contributed by atoms with Crippen LogP contribution in [0.5, 0.6) is 0 Å². The second-order valence-corrected chi connectivity index (χ2v) is 16.8. The zero-order valence-electron chi connectivity index (χ0n) is 33.2. The molecule has 10 aromatic carbocycles. The summed E-state index contributed by atoms with van der Waals surface area (Å²) in [5.74, 6) is 0. The molecule has 0 bridgehead atoms. The van der Waals surface area contributed by atoms with E-state index in [0.717, 1.165) is 17.1 Å². The Bertz CT molecular complexity index is 3560. The molecule has 0 atom stereocenters. The molecule has 12 rings (SSSR count). The Hall–Kier alpha value is -7.72. The van der Waals surface area contributed by atoms with Crippen LogP contribution in [0, 0.1) is 0 Å². The first-order valence-electron chi connectivity index (χ1n) is 20.8. The van der Waals surface area contributed by atoms with Crippen LogP contribution in [-0.4, -0.2) is 4.57 Å². The zero-order chi connectivity index (χ0) is 40.3. The second kappa shape index (κ2) is 14.5. The molecule has 2 aromatic heterocycles. The largest absolute Gasteiger partial charge is 0.310 e. The summed E-state index contributed by atoms with van der Waals surface area (Å²) in [5.41, 5.74) is 14.2. The number of benzene rings is 10. The molecule has 0 fully saturated rings. The lowest BCUT2D eigenvalue weighted by molar-refractivity contribution is 1.18. The molecule has 286 valence electrons. The van der Waals surface area contributed by atoms with E-state index in [1.807, 2.05) is 11.3 Å². The monoisotopic (exact) mass is 794 g/mol. The predicted octanol–water partition coefficient (Wildman–Crippen LogP) is 16.8. The van der Waals surface area contributed by atoms with Crippen molar-refractivity contribution in [1.29, 1.82) is 0 Å². The van der Waals surface area contributed by atoms with E-state index in [-0.39, 0.29) is 0 Å². The molecule has 0 saturated heterocycles. The van der Waals surface area contributed by atoms with Gasteiger partial charge in [0.05, 0.1) is 16.7 Å². The summed E-state index contributed by atoms with van der Waals surface area (Å²) in [7, 11) is 0. The number of nitrogens with zero attached hydrogens (tertiary/aromatic N) is 2. The molecule has 0 spiro atoms. The Kier molecular flexibility index (Phi) is 8.39. The Balaban J connectivity index is 1.00. The maximum atomic E-state index is 2.44. The van der Waals surface area contributed by atoms with Crippen LogP contribution < -0.4 is 4.90 Å². The van der Waals surface area contributed by atoms with Gasteiger partial charge in [0.25, 0.3) is 0 Å². The summed E-state index contributed by atoms with van der Waals surface area (Å²) < 4.78 is 4.98. The number of aromatic nitrogens is 1. The molecule has 61 heavy (non-hydrogen) atoms. The second-order valence-electron chi connectivity index (χ2n) is 15.7. The van der Waals surface area contributed by atoms with Gasteiger partial charge in [-0.1, -0.05) is 158 Å². The van der Waals surface area contributed by atoms with Crippen molar-refractivity contribution in [2.24, 2.45) is 0 Å². The molecule has 0 aliphatic rings. The van der Waals surface area contributed by atoms with E-state index in [2.05, 4.69) is 240 Å². The number of thiophene rings is 1. The van der Waals surface area contributed by atoms with Gasteiger partial charge in [-0.05, 0) is 112 Å². The van der Waals surface area contributed by atoms with Crippen molar-refractivity contribution >= 4 is 81.1 Å². The average molecular weight is 795 g/mol. The predicted molar refractivity (Wildman–Crippen MR) is 262 cm³/mol. The molecule has 3 heteroatoms. The Morgan fingerprint density at radius 3 is 1.61 bits per heavy atom. The Labute approximate surface area is 358 Å². The van der Waals surface area contributed by atoms with Crippen molar-refractivity contribution in [3.63, 3.8) is 0 Å². The summed E-state index contributed by atoms with van der Waals surface area (Å²) >= 11 is 1.86. The quantitative estimate of drug-likeness (QED) is 0.156. The maximum absolute atomic E-state index is 2.44. The topological polar surface area (TPSA) is 8.17 Å². The molecule has 0 radical (unpaired) electrons. The minimum absolute atomic E-state index is 1.11. The van der Waals surface area contributed by atoms with E-state index in [1.54, 1.807) is 0 Å². The van der Waals surface area contributed by atoms with E-state index in [4.69, 9.17) is 0 Å². The van der Waals surface area contributed by atoms with Crippen LogP contribution in [0.3, 0.4) is 0 Å². The SMILES string of the molecule is c1ccc(-c2ccc(-c3ccc(N(c4ccc5sc6ccccc6c5c4)c4ccc(-c5ccc6c(c5)c5ccccc5n6-c5ccccc5)c5ccccc45)cc3)cc2)cc1. The van der Waals surface area contributed by atoms with Crippen molar-refractivity contribution in [3.8, 4) is 39.1 Å². The van der Waals surface area contributed by atoms with E-state index in [9.17, 15) is 0 Å². The molecule has 0 aliphatic carbocycles. The van der Waals surface area contributed by atoms with E-state index >= 15 is 0 Å². The first kappa shape index (κ1) is 35.2. The van der Waals surface area contributed by atoms with Crippen LogP contribution in [0.25, 0.3) is 91.8 Å². The molecule has 0 saturated carbocycles. The van der Waals surface area contributed by atoms with Gasteiger partial charge in [0.1, 0.15) is 0 Å². The summed E-state index contributed by atoms with van der Waals surface area (Å²) in [6.45, 7) is 0. The number of hydrogen-bond donors (Lipinski definition) is 0. The number of rotatable bonds is 7. The Morgan fingerprint density at radius 1 is 0.311 bits per heavy atom. The molecule has 2 nitrogen and oxygen atoms in total. The molecular weight excluding hydrogens is 757 g/mol. The van der Waals surface area contributed by atoms with Crippen LogP contribution in [-0.2, 0) is 0 Å². The normalized spacial score (nSPS) is 11.6. The van der Waals surface area contributed by atoms with Crippen molar-refractivity contribution in [1.82, 2.24) is 4.57 Å². The van der Waals surface area contributed by atoms with E-state index in [0.29, 0.717) is 0 Å². The fourth-order valence-electron chi connectivity index (χ4n) is 9.29. The fourth-order valence-corrected chi connectivity index (χ4v) is 10.4. The third kappa shape index (κ3) is 6.01. The minimum atomic E-state index is 1.11. The standard InChI is InChI=1S/C58H38N2S/c1-3-13-39(14-4-1)40-23-25-41(26-24-40)42-27-30-45(31-28-42)59(46-32-36-58-53(38-46)51-20-10-12-22-57(51)61-58)55-35-33-47(48-17-7-8-18-49(48)55)43-29-34-56-52(37-43)50-19-9-11-21-54(50)60(56)44-15-5-2-6-16-44/h1-38H. The minimum Gasteiger partial charge on any atom is -0.310 e. The van der Waals surface area contributed by atoms with Gasteiger partial charge in [-0.2, -0.15) is 0 Å². The first-order chi connectivity index (χ1) is 30.2. The highest BCUT2D eigenvalue weighted by Gasteiger charge is 2.20. The van der Waals surface area contributed by atoms with Gasteiger partial charge < -0.3 is 9.47 Å². The molecule has 2 heterocycles. The molecule has 12 aromatic rings. The van der Waals surface area contributed by atoms with Crippen LogP contribution in [0.1, 0.15) is 0 Å². The lowest BCUT2D eigenvalue weighted by Gasteiger charge is -2.28. The van der Waals surface area contributed by atoms with Crippen molar-refractivity contribution in [3.05, 3.63) is 231 Å². The van der Waals surface area contributed by atoms with Gasteiger partial charge >= 0.3 is 0 Å². The van der Waals surface area contributed by atoms with Gasteiger partial charge in [0.2, 0.25) is 0 Å². The van der Waals surface area contributed by atoms with Crippen molar-refractivity contribution < 1.29 is 0 Å². The van der Waals surface area contributed by atoms with Gasteiger partial charge in [-0.25, -0.2) is 0 Å². The molecule has 0 amide bonds. The van der Waals surface area contributed by atoms with Gasteiger partial charge in [0.15, 0.2) is 0 Å². The summed E-state index contributed by atoms with van der Waals surface area (Å²) in [6, 6.07) is 84.2. The third-order valence-corrected chi connectivity index (χ3v) is 13.4. The van der Waals surface area contributed by atoms with Crippen LogP contribution in [0.2, 0.25) is 0 Å². The average Bonchev–Trinajstić information content (AvgIpc) is 3.88. The van der Waals surface area contributed by atoms with Crippen molar-refractivity contribution in [2.75, 3.05) is 4.90 Å². The van der Waals surface area contributed by atoms with Crippen LogP contribution >= 0.6 is 11.3 Å². The zero-order valence-corrected chi connectivity index (χ0v) is 34.1. The highest BCUT2D eigenvalue weighted by molar-refractivity contribution is 7.25. The molecular formula is C58H38N2S. The number of hydrogen-bond acceptors (Lipinski definition) is 2. The van der Waals surface area contributed by atoms with E-state index < -0.39 is 0 Å². The maximum Gasteiger partial charge on any atom is 0.0541 e. The number of para-hydroxylation sites is 2. The highest BCUT2D eigenvalue weighted by atomic mass is 32.1. The number of anilines is 3. The third-order valence-electron chi connectivity index (χ3n) is 12.2. The van der Waals surface area contributed by atoms with E-state index in [1.165, 1.54) is 91.8 Å². The summed E-state index contributed by atoms with van der Waals surface area (Å²) in [4.78, 5) is 2.44. The van der Waals surface area contributed by atoms with Crippen LogP contribution in [0.15, 0.2) is 231 Å². The van der Waals surface area contributed by atoms with Gasteiger partial charge in [-0.15, -0.1) is 11.3 Å². The van der Waals surface area contributed by atoms with Crippen LogP contribution in [0.4, 0.5) is 17.1 Å². The number of fused-ring (bicyclic) bond motifs is 7. The van der Waals surface area contributed by atoms with Gasteiger partial charge in [0, 0.05) is 53.4 Å². The van der Waals surface area contributed by atoms with Crippen molar-refractivity contribution in [2.45, 2.75) is 0 Å². The molecule has 0 unspecified atom stereocenters. The molecule has 0 N–H and O–H groups in total. The first-order valence-corrected chi connectivity index (χ1v) is 21.6. The lowest BCUT2D eigenvalue weighted by atomic mass is 9.95. The Morgan fingerprint density at radius 2 is 0.852 bits per heavy atom.